The topological polar surface area (TPSA) is 76.7 Å². The number of benzene rings is 3. The molecule has 0 aliphatic carbocycles. The molecule has 3 aromatic rings. The maximum Gasteiger partial charge on any atom is 0.276 e. The number of rotatable bonds is 8. The van der Waals surface area contributed by atoms with Crippen molar-refractivity contribution >= 4 is 22.6 Å². The normalized spacial score (nSPS) is 10.3. The van der Waals surface area contributed by atoms with Crippen LogP contribution >= 0.6 is 0 Å². The van der Waals surface area contributed by atoms with E-state index in [0.717, 1.165) is 21.9 Å². The van der Waals surface area contributed by atoms with E-state index in [1.807, 2.05) is 54.6 Å². The average Bonchev–Trinajstić information content (AvgIpc) is 2.77. The Bertz CT molecular complexity index is 1060. The Morgan fingerprint density at radius 1 is 0.967 bits per heavy atom. The summed E-state index contributed by atoms with van der Waals surface area (Å²) in [4.78, 5) is 24.3. The largest absolute Gasteiger partial charge is 0.493 e. The first-order valence-electron chi connectivity index (χ1n) is 9.55. The second kappa shape index (κ2) is 10.1. The van der Waals surface area contributed by atoms with Crippen molar-refractivity contribution in [3.63, 3.8) is 0 Å². The van der Waals surface area contributed by atoms with E-state index in [9.17, 15) is 9.59 Å². The zero-order chi connectivity index (χ0) is 21.3. The number of carbonyl (C=O) groups excluding carboxylic acids is 2. The van der Waals surface area contributed by atoms with Crippen molar-refractivity contribution in [2.45, 2.75) is 12.8 Å². The van der Waals surface area contributed by atoms with Crippen molar-refractivity contribution < 1.29 is 19.1 Å². The molecule has 6 heteroatoms. The molecule has 0 atom stereocenters. The van der Waals surface area contributed by atoms with E-state index in [-0.39, 0.29) is 18.9 Å². The van der Waals surface area contributed by atoms with Crippen LogP contribution in [0.1, 0.15) is 11.1 Å². The standard InChI is InChI=1S/C24H24N2O4/c1-3-7-17-12-13-21(22(14-17)29-2)30-16-24(28)26-25-23(27)15-19-10-6-9-18-8-4-5-11-20(18)19/h3-6,8-14H,1,7,15-16H2,2H3,(H,25,27)(H,26,28). The first-order valence-corrected chi connectivity index (χ1v) is 9.55. The van der Waals surface area contributed by atoms with Gasteiger partial charge in [0.2, 0.25) is 5.91 Å². The Morgan fingerprint density at radius 2 is 1.73 bits per heavy atom. The van der Waals surface area contributed by atoms with Crippen LogP contribution in [0.3, 0.4) is 0 Å². The Morgan fingerprint density at radius 3 is 2.53 bits per heavy atom. The quantitative estimate of drug-likeness (QED) is 0.446. The smallest absolute Gasteiger partial charge is 0.276 e. The lowest BCUT2D eigenvalue weighted by molar-refractivity contribution is -0.129. The van der Waals surface area contributed by atoms with Gasteiger partial charge in [-0.2, -0.15) is 0 Å². The number of hydrogen-bond donors (Lipinski definition) is 2. The maximum atomic E-state index is 12.2. The van der Waals surface area contributed by atoms with Crippen LogP contribution in [0.15, 0.2) is 73.3 Å². The Labute approximate surface area is 175 Å². The van der Waals surface area contributed by atoms with Gasteiger partial charge in [0.1, 0.15) is 0 Å². The third-order valence-corrected chi connectivity index (χ3v) is 4.54. The molecular formula is C24H24N2O4. The zero-order valence-electron chi connectivity index (χ0n) is 16.8. The summed E-state index contributed by atoms with van der Waals surface area (Å²) in [6.07, 6.45) is 2.66. The van der Waals surface area contributed by atoms with Crippen molar-refractivity contribution in [1.29, 1.82) is 0 Å². The number of fused-ring (bicyclic) bond motifs is 1. The summed E-state index contributed by atoms with van der Waals surface area (Å²) in [7, 11) is 1.54. The molecular weight excluding hydrogens is 380 g/mol. The van der Waals surface area contributed by atoms with E-state index in [2.05, 4.69) is 17.4 Å². The van der Waals surface area contributed by atoms with E-state index in [4.69, 9.17) is 9.47 Å². The molecule has 3 aromatic carbocycles. The molecule has 2 amide bonds. The minimum absolute atomic E-state index is 0.154. The van der Waals surface area contributed by atoms with Crippen molar-refractivity contribution in [1.82, 2.24) is 10.9 Å². The second-order valence-electron chi connectivity index (χ2n) is 6.68. The van der Waals surface area contributed by atoms with Crippen molar-refractivity contribution in [3.8, 4) is 11.5 Å². The third kappa shape index (κ3) is 5.38. The number of hydrazine groups is 1. The summed E-state index contributed by atoms with van der Waals surface area (Å²) in [5.41, 5.74) is 6.71. The average molecular weight is 404 g/mol. The van der Waals surface area contributed by atoms with E-state index in [1.54, 1.807) is 12.1 Å². The fourth-order valence-electron chi connectivity index (χ4n) is 3.11. The minimum Gasteiger partial charge on any atom is -0.493 e. The van der Waals surface area contributed by atoms with Crippen LogP contribution in [0.2, 0.25) is 0 Å². The highest BCUT2D eigenvalue weighted by atomic mass is 16.5. The third-order valence-electron chi connectivity index (χ3n) is 4.54. The van der Waals surface area contributed by atoms with E-state index < -0.39 is 5.91 Å². The van der Waals surface area contributed by atoms with Crippen molar-refractivity contribution in [2.24, 2.45) is 0 Å². The molecule has 0 saturated heterocycles. The van der Waals surface area contributed by atoms with Gasteiger partial charge >= 0.3 is 0 Å². The van der Waals surface area contributed by atoms with Crippen LogP contribution < -0.4 is 20.3 Å². The molecule has 0 aliphatic heterocycles. The molecule has 0 aliphatic rings. The van der Waals surface area contributed by atoms with Gasteiger partial charge in [-0.3, -0.25) is 20.4 Å². The number of allylic oxidation sites excluding steroid dienone is 1. The van der Waals surface area contributed by atoms with Crippen LogP contribution in [0.25, 0.3) is 10.8 Å². The van der Waals surface area contributed by atoms with Crippen LogP contribution in [0.5, 0.6) is 11.5 Å². The molecule has 154 valence electrons. The summed E-state index contributed by atoms with van der Waals surface area (Å²) < 4.78 is 10.8. The molecule has 30 heavy (non-hydrogen) atoms. The highest BCUT2D eigenvalue weighted by Gasteiger charge is 2.11. The monoisotopic (exact) mass is 404 g/mol. The van der Waals surface area contributed by atoms with Crippen molar-refractivity contribution in [3.05, 3.63) is 84.4 Å². The van der Waals surface area contributed by atoms with E-state index >= 15 is 0 Å². The van der Waals surface area contributed by atoms with Gasteiger partial charge in [0.15, 0.2) is 18.1 Å². The van der Waals surface area contributed by atoms with Gasteiger partial charge in [0, 0.05) is 0 Å². The molecule has 3 rings (SSSR count). The highest BCUT2D eigenvalue weighted by Crippen LogP contribution is 2.28. The molecule has 0 fully saturated rings. The lowest BCUT2D eigenvalue weighted by Crippen LogP contribution is -2.44. The number of nitrogens with one attached hydrogen (secondary N) is 2. The lowest BCUT2D eigenvalue weighted by Gasteiger charge is -2.12. The lowest BCUT2D eigenvalue weighted by atomic mass is 10.0. The molecule has 0 aromatic heterocycles. The number of methoxy groups -OCH3 is 1. The number of hydrogen-bond acceptors (Lipinski definition) is 4. The molecule has 0 unspecified atom stereocenters. The Kier molecular flexibility index (Phi) is 7.05. The Hall–Kier alpha value is -3.80. The van der Waals surface area contributed by atoms with Crippen molar-refractivity contribution in [2.75, 3.05) is 13.7 Å². The van der Waals surface area contributed by atoms with Gasteiger partial charge in [0.05, 0.1) is 13.5 Å². The number of ether oxygens (including phenoxy) is 2. The van der Waals surface area contributed by atoms with E-state index in [1.165, 1.54) is 7.11 Å². The highest BCUT2D eigenvalue weighted by molar-refractivity contribution is 5.91. The summed E-state index contributed by atoms with van der Waals surface area (Å²) in [5.74, 6) is 0.189. The van der Waals surface area contributed by atoms with Gasteiger partial charge < -0.3 is 9.47 Å². The van der Waals surface area contributed by atoms with Crippen LogP contribution in [0, 0.1) is 0 Å². The van der Waals surface area contributed by atoms with Gasteiger partial charge in [-0.1, -0.05) is 54.6 Å². The van der Waals surface area contributed by atoms with Gasteiger partial charge in [-0.25, -0.2) is 0 Å². The van der Waals surface area contributed by atoms with Gasteiger partial charge in [-0.15, -0.1) is 6.58 Å². The maximum absolute atomic E-state index is 12.2. The van der Waals surface area contributed by atoms with Gasteiger partial charge in [0.25, 0.3) is 5.91 Å². The summed E-state index contributed by atoms with van der Waals surface area (Å²) in [5, 5.41) is 2.07. The first-order chi connectivity index (χ1) is 14.6. The van der Waals surface area contributed by atoms with Crippen LogP contribution in [-0.2, 0) is 22.4 Å². The predicted molar refractivity (Wildman–Crippen MR) is 116 cm³/mol. The molecule has 2 N–H and O–H groups in total. The molecule has 0 saturated carbocycles. The molecule has 0 heterocycles. The predicted octanol–water partition coefficient (Wildman–Crippen LogP) is 3.35. The molecule has 0 radical (unpaired) electrons. The zero-order valence-corrected chi connectivity index (χ0v) is 16.8. The molecule has 0 bridgehead atoms. The Balaban J connectivity index is 1.51. The van der Waals surface area contributed by atoms with E-state index in [0.29, 0.717) is 17.9 Å². The SMILES string of the molecule is C=CCc1ccc(OCC(=O)NNC(=O)Cc2cccc3ccccc23)c(OC)c1. The van der Waals surface area contributed by atoms with Crippen LogP contribution in [-0.4, -0.2) is 25.5 Å². The number of carbonyl (C=O) groups is 2. The summed E-state index contributed by atoms with van der Waals surface area (Å²) >= 11 is 0. The fraction of sp³-hybridized carbons (Fsp3) is 0.167. The second-order valence-corrected chi connectivity index (χ2v) is 6.68. The summed E-state index contributed by atoms with van der Waals surface area (Å²) in [6, 6.07) is 19.1. The molecule has 0 spiro atoms. The minimum atomic E-state index is -0.474. The van der Waals surface area contributed by atoms with Crippen LogP contribution in [0.4, 0.5) is 0 Å². The summed E-state index contributed by atoms with van der Waals surface area (Å²) in [6.45, 7) is 3.45. The first kappa shape index (κ1) is 20.9. The molecule has 6 nitrogen and oxygen atoms in total. The number of amides is 2. The fourth-order valence-corrected chi connectivity index (χ4v) is 3.11. The van der Waals surface area contributed by atoms with Gasteiger partial charge in [-0.05, 0) is 40.5 Å².